The minimum Gasteiger partial charge on any atom is -0.409 e. The summed E-state index contributed by atoms with van der Waals surface area (Å²) in [5, 5.41) is 7.75. The molecule has 0 unspecified atom stereocenters. The molecule has 0 atom stereocenters. The molecule has 0 bridgehead atoms. The number of nitrogens with zero attached hydrogens (tertiary/aromatic N) is 2. The van der Waals surface area contributed by atoms with Gasteiger partial charge in [0.25, 0.3) is 4.84 Å². The van der Waals surface area contributed by atoms with E-state index in [1.54, 1.807) is 0 Å². The molecule has 3 rings (SSSR count). The Kier molecular flexibility index (Phi) is 2.48. The number of benzene rings is 1. The van der Waals surface area contributed by atoms with Crippen LogP contribution < -0.4 is 0 Å². The van der Waals surface area contributed by atoms with Gasteiger partial charge in [-0.25, -0.2) is 5.10 Å². The molecule has 3 aromatic rings. The topological polar surface area (TPSA) is 54.7 Å². The minimum absolute atomic E-state index is 0.278. The Labute approximate surface area is 109 Å². The maximum Gasteiger partial charge on any atom is 0.284 e. The number of fused-ring (bicyclic) bond motifs is 1. The minimum atomic E-state index is 0.278. The summed E-state index contributed by atoms with van der Waals surface area (Å²) in [5.74, 6) is 0.501. The Bertz CT molecular complexity index is 788. The van der Waals surface area contributed by atoms with Gasteiger partial charge >= 0.3 is 0 Å². The van der Waals surface area contributed by atoms with Crippen molar-refractivity contribution in [3.8, 4) is 11.5 Å². The second-order valence-electron chi connectivity index (χ2n) is 4.25. The third kappa shape index (κ3) is 1.82. The van der Waals surface area contributed by atoms with Crippen LogP contribution in [-0.2, 0) is 0 Å². The highest BCUT2D eigenvalue weighted by atomic mass is 32.1. The van der Waals surface area contributed by atoms with Gasteiger partial charge in [0.2, 0.25) is 5.89 Å². The first-order valence-electron chi connectivity index (χ1n) is 5.57. The summed E-state index contributed by atoms with van der Waals surface area (Å²) in [7, 11) is 0. The predicted octanol–water partition coefficient (Wildman–Crippen LogP) is 3.56. The van der Waals surface area contributed by atoms with Gasteiger partial charge in [-0.05, 0) is 44.3 Å². The summed E-state index contributed by atoms with van der Waals surface area (Å²) in [6, 6.07) is 8.07. The zero-order chi connectivity index (χ0) is 12.7. The van der Waals surface area contributed by atoms with Gasteiger partial charge in [-0.2, -0.15) is 0 Å². The van der Waals surface area contributed by atoms with Crippen molar-refractivity contribution in [2.24, 2.45) is 0 Å². The maximum atomic E-state index is 5.39. The fraction of sp³-hybridized carbons (Fsp3) is 0.154. The van der Waals surface area contributed by atoms with Crippen molar-refractivity contribution < 1.29 is 4.42 Å². The van der Waals surface area contributed by atoms with Crippen molar-refractivity contribution in [3.63, 3.8) is 0 Å². The number of rotatable bonds is 1. The summed E-state index contributed by atoms with van der Waals surface area (Å²) in [5.41, 5.74) is 3.93. The Morgan fingerprint density at radius 1 is 1.22 bits per heavy atom. The quantitative estimate of drug-likeness (QED) is 0.677. The van der Waals surface area contributed by atoms with E-state index in [4.69, 9.17) is 16.6 Å². The molecular formula is C13H11N3OS. The van der Waals surface area contributed by atoms with E-state index in [-0.39, 0.29) is 4.84 Å². The Balaban J connectivity index is 2.39. The van der Waals surface area contributed by atoms with E-state index in [9.17, 15) is 0 Å². The zero-order valence-corrected chi connectivity index (χ0v) is 10.8. The lowest BCUT2D eigenvalue weighted by Crippen LogP contribution is -1.89. The zero-order valence-electron chi connectivity index (χ0n) is 10.0. The monoisotopic (exact) mass is 257 g/mol. The highest BCUT2D eigenvalue weighted by Crippen LogP contribution is 2.27. The van der Waals surface area contributed by atoms with Gasteiger partial charge in [0.1, 0.15) is 0 Å². The van der Waals surface area contributed by atoms with Gasteiger partial charge in [-0.1, -0.05) is 11.6 Å². The molecule has 0 radical (unpaired) electrons. The molecule has 18 heavy (non-hydrogen) atoms. The van der Waals surface area contributed by atoms with Crippen LogP contribution in [0.5, 0.6) is 0 Å². The molecule has 90 valence electrons. The van der Waals surface area contributed by atoms with Crippen molar-refractivity contribution in [1.82, 2.24) is 15.2 Å². The van der Waals surface area contributed by atoms with Crippen molar-refractivity contribution in [2.45, 2.75) is 13.8 Å². The molecular weight excluding hydrogens is 246 g/mol. The molecule has 0 spiro atoms. The average molecular weight is 257 g/mol. The molecule has 0 aliphatic rings. The molecule has 0 aliphatic carbocycles. The smallest absolute Gasteiger partial charge is 0.284 e. The molecule has 0 saturated carbocycles. The average Bonchev–Trinajstić information content (AvgIpc) is 2.75. The van der Waals surface area contributed by atoms with E-state index in [0.717, 1.165) is 22.2 Å². The number of hydrogen-bond acceptors (Lipinski definition) is 4. The van der Waals surface area contributed by atoms with Crippen LogP contribution in [0.15, 0.2) is 28.7 Å². The van der Waals surface area contributed by atoms with E-state index < -0.39 is 0 Å². The molecule has 0 saturated heterocycles. The highest BCUT2D eigenvalue weighted by molar-refractivity contribution is 7.71. The number of hydrogen-bond donors (Lipinski definition) is 1. The van der Waals surface area contributed by atoms with E-state index >= 15 is 0 Å². The van der Waals surface area contributed by atoms with Crippen LogP contribution in [0, 0.1) is 18.7 Å². The predicted molar refractivity (Wildman–Crippen MR) is 71.9 cm³/mol. The van der Waals surface area contributed by atoms with E-state index in [1.165, 1.54) is 5.56 Å². The number of nitrogens with one attached hydrogen (secondary N) is 1. The standard InChI is InChI=1S/C13H11N3OS/c1-7-3-4-11-9(5-7)10(6-8(2)14-11)12-15-16-13(18)17-12/h3-6H,1-2H3,(H,16,18). The van der Waals surface area contributed by atoms with Crippen molar-refractivity contribution >= 4 is 23.1 Å². The SMILES string of the molecule is Cc1ccc2nc(C)cc(-c3n[nH]c(=S)o3)c2c1. The molecule has 0 aliphatic heterocycles. The number of aromatic amines is 1. The molecule has 0 fully saturated rings. The van der Waals surface area contributed by atoms with Crippen LogP contribution in [-0.4, -0.2) is 15.2 Å². The molecule has 5 heteroatoms. The summed E-state index contributed by atoms with van der Waals surface area (Å²) in [4.78, 5) is 4.78. The van der Waals surface area contributed by atoms with Crippen LogP contribution >= 0.6 is 12.2 Å². The molecule has 1 N–H and O–H groups in total. The van der Waals surface area contributed by atoms with Gasteiger partial charge < -0.3 is 4.42 Å². The normalized spacial score (nSPS) is 11.0. The summed E-state index contributed by atoms with van der Waals surface area (Å²) < 4.78 is 5.39. The van der Waals surface area contributed by atoms with Crippen molar-refractivity contribution in [2.75, 3.05) is 0 Å². The lowest BCUT2D eigenvalue weighted by atomic mass is 10.1. The molecule has 1 aromatic carbocycles. The lowest BCUT2D eigenvalue weighted by Gasteiger charge is -2.05. The summed E-state index contributed by atoms with van der Waals surface area (Å²) in [6.07, 6.45) is 0. The first-order chi connectivity index (χ1) is 8.63. The third-order valence-corrected chi connectivity index (χ3v) is 2.94. The van der Waals surface area contributed by atoms with Gasteiger partial charge in [0, 0.05) is 16.6 Å². The Hall–Kier alpha value is -2.01. The first kappa shape index (κ1) is 11.1. The van der Waals surface area contributed by atoms with Gasteiger partial charge in [0.15, 0.2) is 0 Å². The van der Waals surface area contributed by atoms with Crippen molar-refractivity contribution in [1.29, 1.82) is 0 Å². The van der Waals surface area contributed by atoms with Gasteiger partial charge in [-0.3, -0.25) is 4.98 Å². The summed E-state index contributed by atoms with van der Waals surface area (Å²) in [6.45, 7) is 3.99. The lowest BCUT2D eigenvalue weighted by molar-refractivity contribution is 0.552. The number of H-pyrrole nitrogens is 1. The Morgan fingerprint density at radius 3 is 2.78 bits per heavy atom. The van der Waals surface area contributed by atoms with Crippen LogP contribution in [0.1, 0.15) is 11.3 Å². The van der Waals surface area contributed by atoms with Crippen LogP contribution in [0.4, 0.5) is 0 Å². The van der Waals surface area contributed by atoms with Crippen molar-refractivity contribution in [3.05, 3.63) is 40.4 Å². The fourth-order valence-electron chi connectivity index (χ4n) is 1.99. The first-order valence-corrected chi connectivity index (χ1v) is 5.98. The Morgan fingerprint density at radius 2 is 2.06 bits per heavy atom. The highest BCUT2D eigenvalue weighted by Gasteiger charge is 2.11. The molecule has 4 nitrogen and oxygen atoms in total. The fourth-order valence-corrected chi connectivity index (χ4v) is 2.12. The van der Waals surface area contributed by atoms with E-state index in [1.807, 2.05) is 32.0 Å². The second kappa shape index (κ2) is 4.03. The number of aromatic nitrogens is 3. The van der Waals surface area contributed by atoms with Crippen LogP contribution in [0.3, 0.4) is 0 Å². The number of aryl methyl sites for hydroxylation is 2. The van der Waals surface area contributed by atoms with E-state index in [0.29, 0.717) is 5.89 Å². The molecule has 2 heterocycles. The molecule has 2 aromatic heterocycles. The van der Waals surface area contributed by atoms with Crippen LogP contribution in [0.25, 0.3) is 22.4 Å². The summed E-state index contributed by atoms with van der Waals surface area (Å²) >= 11 is 4.91. The van der Waals surface area contributed by atoms with Crippen LogP contribution in [0.2, 0.25) is 0 Å². The molecule has 0 amide bonds. The maximum absolute atomic E-state index is 5.39. The van der Waals surface area contributed by atoms with E-state index in [2.05, 4.69) is 21.2 Å². The van der Waals surface area contributed by atoms with Gasteiger partial charge in [0.05, 0.1) is 5.52 Å². The third-order valence-electron chi connectivity index (χ3n) is 2.76. The number of pyridine rings is 1. The van der Waals surface area contributed by atoms with Gasteiger partial charge in [-0.15, -0.1) is 5.10 Å². The second-order valence-corrected chi connectivity index (χ2v) is 4.62. The largest absolute Gasteiger partial charge is 0.409 e.